The van der Waals surface area contributed by atoms with Gasteiger partial charge < -0.3 is 9.96 Å². The van der Waals surface area contributed by atoms with Crippen molar-refractivity contribution in [1.82, 2.24) is 0 Å². The van der Waals surface area contributed by atoms with E-state index in [9.17, 15) is 0 Å². The normalized spacial score (nSPS) is 19.6. The van der Waals surface area contributed by atoms with Crippen molar-refractivity contribution in [3.8, 4) is 0 Å². The number of hydrogen-bond acceptors (Lipinski definition) is 1. The molecule has 0 spiro atoms. The Labute approximate surface area is 95.6 Å². The Morgan fingerprint density at radius 2 is 1.27 bits per heavy atom. The molecule has 92 valence electrons. The Bertz CT molecular complexity index is 131. The van der Waals surface area contributed by atoms with Gasteiger partial charge in [0.2, 0.25) is 0 Å². The van der Waals surface area contributed by atoms with Crippen LogP contribution in [0.25, 0.3) is 0 Å². The molecule has 2 nitrogen and oxygen atoms in total. The first-order valence-corrected chi connectivity index (χ1v) is 6.68. The van der Waals surface area contributed by atoms with E-state index in [4.69, 9.17) is 0 Å². The van der Waals surface area contributed by atoms with Crippen LogP contribution < -0.4 is 0 Å². The van der Waals surface area contributed by atoms with Crippen molar-refractivity contribution in [3.05, 3.63) is 0 Å². The van der Waals surface area contributed by atoms with E-state index < -0.39 is 0 Å². The fraction of sp³-hybridized carbons (Fsp3) is 1.00. The molecule has 0 bridgehead atoms. The molecule has 0 atom stereocenters. The van der Waals surface area contributed by atoms with Crippen molar-refractivity contribution in [2.45, 2.75) is 58.8 Å². The predicted molar refractivity (Wildman–Crippen MR) is 65.3 cm³/mol. The number of piperidine rings is 1. The minimum absolute atomic E-state index is 0. The van der Waals surface area contributed by atoms with Crippen molar-refractivity contribution in [2.24, 2.45) is 0 Å². The van der Waals surface area contributed by atoms with Gasteiger partial charge in [-0.15, -0.1) is 0 Å². The molecule has 0 radical (unpaired) electrons. The van der Waals surface area contributed by atoms with Crippen LogP contribution in [-0.4, -0.2) is 36.1 Å². The molecule has 0 aromatic heterocycles. The Hall–Kier alpha value is -0.0800. The standard InChI is InChI=1S/C13H28N.H2O/c1-3-5-10-14(11-6-4-2)12-8-7-9-13-14;/h3-13H2,1-2H3;1H2/q+1;/p-1. The third-order valence-electron chi connectivity index (χ3n) is 3.74. The van der Waals surface area contributed by atoms with Crippen LogP contribution in [0.2, 0.25) is 0 Å². The summed E-state index contributed by atoms with van der Waals surface area (Å²) in [5, 5.41) is 0. The van der Waals surface area contributed by atoms with Crippen molar-refractivity contribution in [3.63, 3.8) is 0 Å². The largest absolute Gasteiger partial charge is 0.870 e. The van der Waals surface area contributed by atoms with E-state index in [0.29, 0.717) is 0 Å². The summed E-state index contributed by atoms with van der Waals surface area (Å²) in [6, 6.07) is 0. The lowest BCUT2D eigenvalue weighted by Gasteiger charge is -2.41. The minimum Gasteiger partial charge on any atom is -0.870 e. The summed E-state index contributed by atoms with van der Waals surface area (Å²) >= 11 is 0. The van der Waals surface area contributed by atoms with E-state index in [-0.39, 0.29) is 5.48 Å². The number of unbranched alkanes of at least 4 members (excludes halogenated alkanes) is 2. The maximum absolute atomic E-state index is 2.32. The van der Waals surface area contributed by atoms with Gasteiger partial charge in [-0.05, 0) is 32.1 Å². The van der Waals surface area contributed by atoms with Crippen LogP contribution in [-0.2, 0) is 0 Å². The van der Waals surface area contributed by atoms with Gasteiger partial charge in [0.05, 0.1) is 26.2 Å². The second-order valence-corrected chi connectivity index (χ2v) is 5.00. The van der Waals surface area contributed by atoms with Crippen molar-refractivity contribution in [1.29, 1.82) is 0 Å². The monoisotopic (exact) mass is 215 g/mol. The highest BCUT2D eigenvalue weighted by Gasteiger charge is 2.28. The number of rotatable bonds is 6. The zero-order valence-corrected chi connectivity index (χ0v) is 10.7. The first-order chi connectivity index (χ1) is 6.83. The molecule has 1 heterocycles. The van der Waals surface area contributed by atoms with Crippen LogP contribution in [0.4, 0.5) is 0 Å². The minimum atomic E-state index is 0. The number of nitrogens with zero attached hydrogens (tertiary/aromatic N) is 1. The van der Waals surface area contributed by atoms with Gasteiger partial charge in [-0.3, -0.25) is 0 Å². The molecule has 0 amide bonds. The molecule has 0 saturated carbocycles. The zero-order valence-electron chi connectivity index (χ0n) is 10.7. The van der Waals surface area contributed by atoms with Crippen molar-refractivity contribution in [2.75, 3.05) is 26.2 Å². The SMILES string of the molecule is CCCC[N+]1(CCCC)CCCCC1.[OH-]. The maximum Gasteiger partial charge on any atom is 0.0786 e. The summed E-state index contributed by atoms with van der Waals surface area (Å²) in [7, 11) is 0. The molecule has 1 saturated heterocycles. The lowest BCUT2D eigenvalue weighted by Crippen LogP contribution is -2.52. The smallest absolute Gasteiger partial charge is 0.0786 e. The van der Waals surface area contributed by atoms with Crippen molar-refractivity contribution >= 4 is 0 Å². The molecule has 0 aliphatic carbocycles. The lowest BCUT2D eigenvalue weighted by atomic mass is 10.1. The van der Waals surface area contributed by atoms with E-state index in [1.807, 2.05) is 0 Å². The van der Waals surface area contributed by atoms with E-state index >= 15 is 0 Å². The molecule has 1 N–H and O–H groups in total. The van der Waals surface area contributed by atoms with Gasteiger partial charge in [-0.2, -0.15) is 0 Å². The van der Waals surface area contributed by atoms with Crippen molar-refractivity contribution < 1.29 is 9.96 Å². The average Bonchev–Trinajstić information content (AvgIpc) is 2.25. The third kappa shape index (κ3) is 4.98. The quantitative estimate of drug-likeness (QED) is 0.624. The highest BCUT2D eigenvalue weighted by Crippen LogP contribution is 2.21. The van der Waals surface area contributed by atoms with Gasteiger partial charge >= 0.3 is 0 Å². The van der Waals surface area contributed by atoms with Crippen LogP contribution in [0.5, 0.6) is 0 Å². The fourth-order valence-electron chi connectivity index (χ4n) is 2.73. The maximum atomic E-state index is 2.32. The lowest BCUT2D eigenvalue weighted by molar-refractivity contribution is -0.932. The summed E-state index contributed by atoms with van der Waals surface area (Å²) in [4.78, 5) is 0. The number of likely N-dealkylation sites (tertiary alicyclic amines) is 1. The summed E-state index contributed by atoms with van der Waals surface area (Å²) in [6.45, 7) is 10.5. The molecule has 0 aromatic carbocycles. The highest BCUT2D eigenvalue weighted by atomic mass is 16.0. The van der Waals surface area contributed by atoms with Gasteiger partial charge in [0, 0.05) is 0 Å². The zero-order chi connectivity index (χ0) is 10.3. The molecule has 2 heteroatoms. The second-order valence-electron chi connectivity index (χ2n) is 5.00. The van der Waals surface area contributed by atoms with E-state index in [2.05, 4.69) is 13.8 Å². The molecular weight excluding hydrogens is 186 g/mol. The first kappa shape index (κ1) is 14.9. The summed E-state index contributed by atoms with van der Waals surface area (Å²) < 4.78 is 1.46. The third-order valence-corrected chi connectivity index (χ3v) is 3.74. The molecule has 1 aliphatic heterocycles. The molecule has 1 fully saturated rings. The van der Waals surface area contributed by atoms with E-state index in [0.717, 1.165) is 0 Å². The topological polar surface area (TPSA) is 30.0 Å². The van der Waals surface area contributed by atoms with Crippen LogP contribution in [0.1, 0.15) is 58.8 Å². The fourth-order valence-corrected chi connectivity index (χ4v) is 2.73. The molecule has 15 heavy (non-hydrogen) atoms. The molecule has 1 rings (SSSR count). The highest BCUT2D eigenvalue weighted by molar-refractivity contribution is 4.55. The van der Waals surface area contributed by atoms with Crippen LogP contribution >= 0.6 is 0 Å². The Morgan fingerprint density at radius 3 is 1.67 bits per heavy atom. The van der Waals surface area contributed by atoms with E-state index in [1.165, 1.54) is 75.6 Å². The van der Waals surface area contributed by atoms with Crippen LogP contribution in [0.3, 0.4) is 0 Å². The van der Waals surface area contributed by atoms with Gasteiger partial charge in [-0.1, -0.05) is 26.7 Å². The molecule has 0 aromatic rings. The molecule has 0 unspecified atom stereocenters. The molecule has 1 aliphatic rings. The second kappa shape index (κ2) is 8.12. The predicted octanol–water partition coefficient (Wildman–Crippen LogP) is 3.41. The average molecular weight is 215 g/mol. The Balaban J connectivity index is 0.00000196. The Kier molecular flexibility index (Phi) is 8.07. The summed E-state index contributed by atoms with van der Waals surface area (Å²) in [5.41, 5.74) is 0. The van der Waals surface area contributed by atoms with Crippen LogP contribution in [0, 0.1) is 0 Å². The van der Waals surface area contributed by atoms with Gasteiger partial charge in [0.25, 0.3) is 0 Å². The Morgan fingerprint density at radius 1 is 0.800 bits per heavy atom. The first-order valence-electron chi connectivity index (χ1n) is 6.68. The van der Waals surface area contributed by atoms with Gasteiger partial charge in [0.1, 0.15) is 0 Å². The van der Waals surface area contributed by atoms with Crippen LogP contribution in [0.15, 0.2) is 0 Å². The van der Waals surface area contributed by atoms with Gasteiger partial charge in [-0.25, -0.2) is 0 Å². The van der Waals surface area contributed by atoms with E-state index in [1.54, 1.807) is 0 Å². The number of hydrogen-bond donors (Lipinski definition) is 0. The van der Waals surface area contributed by atoms with Gasteiger partial charge in [0.15, 0.2) is 0 Å². The number of quaternary nitrogens is 1. The molecular formula is C13H29NO. The summed E-state index contributed by atoms with van der Waals surface area (Å²) in [5.74, 6) is 0. The summed E-state index contributed by atoms with van der Waals surface area (Å²) in [6.07, 6.45) is 10.0.